The number of nitrogens with zero attached hydrogens (tertiary/aromatic N) is 3. The molecule has 2 aromatic heterocycles. The van der Waals surface area contributed by atoms with E-state index in [9.17, 15) is 14.9 Å². The van der Waals surface area contributed by atoms with Gasteiger partial charge in [-0.15, -0.1) is 11.3 Å². The predicted molar refractivity (Wildman–Crippen MR) is 108 cm³/mol. The first kappa shape index (κ1) is 19.5. The van der Waals surface area contributed by atoms with Gasteiger partial charge in [-0.05, 0) is 38.1 Å². The number of aromatic nitrogens is 1. The number of thiophene rings is 1. The molecule has 1 aromatic carbocycles. The minimum Gasteiger partial charge on any atom is -0.361 e. The lowest BCUT2D eigenvalue weighted by Crippen LogP contribution is -2.24. The molecule has 0 aliphatic carbocycles. The van der Waals surface area contributed by atoms with E-state index in [0.717, 1.165) is 21.0 Å². The third kappa shape index (κ3) is 4.17. The summed E-state index contributed by atoms with van der Waals surface area (Å²) in [4.78, 5) is 26.4. The molecule has 0 fully saturated rings. The number of amides is 1. The van der Waals surface area contributed by atoms with Crippen LogP contribution in [0.1, 0.15) is 21.9 Å². The number of hydrogen-bond acceptors (Lipinski definition) is 6. The molecule has 144 valence electrons. The van der Waals surface area contributed by atoms with Gasteiger partial charge in [-0.25, -0.2) is 0 Å². The fraction of sp³-hybridized carbons (Fsp3) is 0.200. The Morgan fingerprint density at radius 1 is 1.29 bits per heavy atom. The van der Waals surface area contributed by atoms with Gasteiger partial charge in [-0.2, -0.15) is 0 Å². The van der Waals surface area contributed by atoms with Crippen LogP contribution in [-0.2, 0) is 11.3 Å². The van der Waals surface area contributed by atoms with E-state index in [1.807, 2.05) is 26.0 Å². The van der Waals surface area contributed by atoms with Crippen molar-refractivity contribution in [2.75, 3.05) is 7.05 Å². The van der Waals surface area contributed by atoms with Crippen LogP contribution in [0.2, 0.25) is 0 Å². The summed E-state index contributed by atoms with van der Waals surface area (Å²) in [5, 5.41) is 15.1. The van der Waals surface area contributed by atoms with Crippen LogP contribution in [0.4, 0.5) is 5.69 Å². The van der Waals surface area contributed by atoms with Gasteiger partial charge in [0.2, 0.25) is 5.91 Å². The van der Waals surface area contributed by atoms with E-state index in [4.69, 9.17) is 4.52 Å². The molecule has 8 heteroatoms. The Labute approximate surface area is 166 Å². The number of nitro groups is 1. The molecular formula is C20H19N3O4S. The van der Waals surface area contributed by atoms with Crippen molar-refractivity contribution in [2.45, 2.75) is 20.4 Å². The quantitative estimate of drug-likeness (QED) is 0.344. The van der Waals surface area contributed by atoms with Gasteiger partial charge in [-0.1, -0.05) is 17.3 Å². The number of likely N-dealkylation sites (N-methyl/N-ethyl adjacent to an activating group) is 1. The number of carbonyl (C=O) groups is 1. The molecule has 2 heterocycles. The van der Waals surface area contributed by atoms with E-state index in [1.54, 1.807) is 36.2 Å². The number of rotatable bonds is 6. The first-order chi connectivity index (χ1) is 13.4. The Kier molecular flexibility index (Phi) is 5.70. The SMILES string of the molecule is Cc1noc(C)c1CN(C)C(=O)/C=C/c1ccc(-c2ccccc2[N+](=O)[O-])s1. The Balaban J connectivity index is 1.72. The lowest BCUT2D eigenvalue weighted by Gasteiger charge is -2.14. The summed E-state index contributed by atoms with van der Waals surface area (Å²) < 4.78 is 5.12. The highest BCUT2D eigenvalue weighted by Gasteiger charge is 2.16. The van der Waals surface area contributed by atoms with Gasteiger partial charge in [0, 0.05) is 34.5 Å². The van der Waals surface area contributed by atoms with E-state index in [0.29, 0.717) is 17.9 Å². The Bertz CT molecular complexity index is 1030. The largest absolute Gasteiger partial charge is 0.361 e. The zero-order valence-electron chi connectivity index (χ0n) is 15.7. The van der Waals surface area contributed by atoms with Crippen LogP contribution < -0.4 is 0 Å². The van der Waals surface area contributed by atoms with Crippen LogP contribution in [-0.4, -0.2) is 27.9 Å². The molecule has 0 aliphatic heterocycles. The minimum absolute atomic E-state index is 0.0650. The summed E-state index contributed by atoms with van der Waals surface area (Å²) in [5.41, 5.74) is 2.31. The third-order valence-corrected chi connectivity index (χ3v) is 5.42. The summed E-state index contributed by atoms with van der Waals surface area (Å²) in [5.74, 6) is 0.550. The Morgan fingerprint density at radius 3 is 2.71 bits per heavy atom. The van der Waals surface area contributed by atoms with E-state index in [1.165, 1.54) is 23.5 Å². The summed E-state index contributed by atoms with van der Waals surface area (Å²) >= 11 is 1.39. The van der Waals surface area contributed by atoms with E-state index in [-0.39, 0.29) is 11.6 Å². The second kappa shape index (κ2) is 8.18. The molecule has 7 nitrogen and oxygen atoms in total. The zero-order valence-corrected chi connectivity index (χ0v) is 16.5. The smallest absolute Gasteiger partial charge is 0.278 e. The van der Waals surface area contributed by atoms with Crippen LogP contribution >= 0.6 is 11.3 Å². The van der Waals surface area contributed by atoms with Gasteiger partial charge in [0.25, 0.3) is 5.69 Å². The Morgan fingerprint density at radius 2 is 2.04 bits per heavy atom. The summed E-state index contributed by atoms with van der Waals surface area (Å²) in [6, 6.07) is 10.3. The van der Waals surface area contributed by atoms with Crippen LogP contribution in [0.25, 0.3) is 16.5 Å². The number of nitro benzene ring substituents is 1. The molecule has 3 rings (SSSR count). The number of para-hydroxylation sites is 1. The lowest BCUT2D eigenvalue weighted by atomic mass is 10.1. The molecule has 0 N–H and O–H groups in total. The summed E-state index contributed by atoms with van der Waals surface area (Å²) in [6.45, 7) is 4.08. The van der Waals surface area contributed by atoms with Gasteiger partial charge in [0.1, 0.15) is 5.76 Å². The van der Waals surface area contributed by atoms with Gasteiger partial charge in [0.15, 0.2) is 0 Å². The molecule has 0 unspecified atom stereocenters. The second-order valence-corrected chi connectivity index (χ2v) is 7.42. The molecule has 28 heavy (non-hydrogen) atoms. The normalized spacial score (nSPS) is 11.1. The number of aryl methyl sites for hydroxylation is 2. The first-order valence-corrected chi connectivity index (χ1v) is 9.37. The highest BCUT2D eigenvalue weighted by Crippen LogP contribution is 2.35. The fourth-order valence-electron chi connectivity index (χ4n) is 2.75. The predicted octanol–water partition coefficient (Wildman–Crippen LogP) is 4.60. The molecule has 1 amide bonds. The Hall–Kier alpha value is -3.26. The minimum atomic E-state index is -0.391. The zero-order chi connectivity index (χ0) is 20.3. The average Bonchev–Trinajstić information content (AvgIpc) is 3.28. The number of hydrogen-bond donors (Lipinski definition) is 0. The standard InChI is InChI=1S/C20H19N3O4S/c1-13-17(14(2)27-21-13)12-22(3)20(24)11-9-15-8-10-19(28-15)16-6-4-5-7-18(16)23(25)26/h4-11H,12H2,1-3H3/b11-9+. The maximum Gasteiger partial charge on any atom is 0.278 e. The van der Waals surface area contributed by atoms with Gasteiger partial charge in [0.05, 0.1) is 22.7 Å². The van der Waals surface area contributed by atoms with Gasteiger partial charge in [-0.3, -0.25) is 14.9 Å². The second-order valence-electron chi connectivity index (χ2n) is 6.31. The maximum absolute atomic E-state index is 12.4. The monoisotopic (exact) mass is 397 g/mol. The van der Waals surface area contributed by atoms with Crippen LogP contribution in [0.5, 0.6) is 0 Å². The summed E-state index contributed by atoms with van der Waals surface area (Å²) in [7, 11) is 1.71. The van der Waals surface area contributed by atoms with Crippen molar-refractivity contribution >= 4 is 29.0 Å². The highest BCUT2D eigenvalue weighted by atomic mass is 32.1. The molecule has 0 radical (unpaired) electrons. The topological polar surface area (TPSA) is 89.5 Å². The van der Waals surface area contributed by atoms with Crippen LogP contribution in [0.15, 0.2) is 47.0 Å². The number of benzene rings is 1. The molecule has 3 aromatic rings. The highest BCUT2D eigenvalue weighted by molar-refractivity contribution is 7.16. The maximum atomic E-state index is 12.4. The molecule has 0 spiro atoms. The average molecular weight is 397 g/mol. The van der Waals surface area contributed by atoms with Crippen LogP contribution in [0, 0.1) is 24.0 Å². The molecule has 0 saturated carbocycles. The molecule has 0 bridgehead atoms. The van der Waals surface area contributed by atoms with Crippen molar-refractivity contribution in [2.24, 2.45) is 0 Å². The van der Waals surface area contributed by atoms with Crippen LogP contribution in [0.3, 0.4) is 0 Å². The molecule has 0 aliphatic rings. The van der Waals surface area contributed by atoms with E-state index < -0.39 is 4.92 Å². The fourth-order valence-corrected chi connectivity index (χ4v) is 3.70. The van der Waals surface area contributed by atoms with Crippen molar-refractivity contribution in [1.29, 1.82) is 0 Å². The molecule has 0 atom stereocenters. The third-order valence-electron chi connectivity index (χ3n) is 4.34. The molecular weight excluding hydrogens is 378 g/mol. The van der Waals surface area contributed by atoms with E-state index >= 15 is 0 Å². The van der Waals surface area contributed by atoms with Crippen molar-refractivity contribution in [3.8, 4) is 10.4 Å². The molecule has 0 saturated heterocycles. The van der Waals surface area contributed by atoms with Crippen molar-refractivity contribution in [3.05, 3.63) is 74.5 Å². The van der Waals surface area contributed by atoms with E-state index in [2.05, 4.69) is 5.16 Å². The van der Waals surface area contributed by atoms with Crippen molar-refractivity contribution in [3.63, 3.8) is 0 Å². The lowest BCUT2D eigenvalue weighted by molar-refractivity contribution is -0.384. The summed E-state index contributed by atoms with van der Waals surface area (Å²) in [6.07, 6.45) is 3.21. The van der Waals surface area contributed by atoms with Gasteiger partial charge >= 0.3 is 0 Å². The first-order valence-electron chi connectivity index (χ1n) is 8.55. The number of carbonyl (C=O) groups excluding carboxylic acids is 1. The van der Waals surface area contributed by atoms with Gasteiger partial charge < -0.3 is 9.42 Å². The van der Waals surface area contributed by atoms with Crippen molar-refractivity contribution < 1.29 is 14.2 Å². The van der Waals surface area contributed by atoms with Crippen molar-refractivity contribution in [1.82, 2.24) is 10.1 Å².